The quantitative estimate of drug-likeness (QED) is 0.101. The zero-order valence-corrected chi connectivity index (χ0v) is 34.6. The van der Waals surface area contributed by atoms with E-state index in [1.807, 2.05) is 0 Å². The van der Waals surface area contributed by atoms with Gasteiger partial charge in [0.2, 0.25) is 5.95 Å². The van der Waals surface area contributed by atoms with E-state index in [4.69, 9.17) is 65.4 Å². The first-order valence-electron chi connectivity index (χ1n) is 17.2. The SMILES string of the molecule is COc1cc(OC)c(Cl)c(-c2ccc(C(=O)Nc3cnc[nH]3)c3nccnc23)c1Cl.COc1cc(OC)c(Cl)c(-c2ccc(C(=O)Nc3ncn[nH]3)c3nccnc23)c1Cl. The van der Waals surface area contributed by atoms with Gasteiger partial charge in [0.15, 0.2) is 0 Å². The Bertz CT molecular complexity index is 2630. The van der Waals surface area contributed by atoms with Crippen LogP contribution in [0.25, 0.3) is 44.3 Å². The predicted molar refractivity (Wildman–Crippen MR) is 227 cm³/mol. The number of anilines is 2. The van der Waals surface area contributed by atoms with Crippen LogP contribution in [0, 0.1) is 0 Å². The summed E-state index contributed by atoms with van der Waals surface area (Å²) in [4.78, 5) is 53.7. The van der Waals surface area contributed by atoms with Gasteiger partial charge >= 0.3 is 0 Å². The fourth-order valence-electron chi connectivity index (χ4n) is 6.08. The Kier molecular flexibility index (Phi) is 12.4. The van der Waals surface area contributed by atoms with Gasteiger partial charge in [-0.05, 0) is 12.1 Å². The first kappa shape index (κ1) is 41.4. The normalized spacial score (nSPS) is 10.8. The average molecular weight is 890 g/mol. The summed E-state index contributed by atoms with van der Waals surface area (Å²) in [6, 6.07) is 9.85. The Balaban J connectivity index is 0.000000181. The summed E-state index contributed by atoms with van der Waals surface area (Å²) in [6.07, 6.45) is 10.3. The van der Waals surface area contributed by atoms with Crippen LogP contribution in [0.15, 0.2) is 80.0 Å². The van der Waals surface area contributed by atoms with E-state index in [1.54, 1.807) is 36.4 Å². The second kappa shape index (κ2) is 18.0. The Morgan fingerprint density at radius 1 is 0.583 bits per heavy atom. The summed E-state index contributed by atoms with van der Waals surface area (Å²) in [5, 5.41) is 12.8. The molecule has 8 rings (SSSR count). The minimum atomic E-state index is -0.427. The largest absolute Gasteiger partial charge is 0.495 e. The molecule has 4 aromatic carbocycles. The Labute approximate surface area is 359 Å². The number of H-pyrrole nitrogens is 2. The number of carbonyl (C=O) groups is 2. The van der Waals surface area contributed by atoms with Gasteiger partial charge in [0.1, 0.15) is 46.2 Å². The average Bonchev–Trinajstić information content (AvgIpc) is 3.99. The molecule has 0 saturated carbocycles. The van der Waals surface area contributed by atoms with Crippen molar-refractivity contribution < 1.29 is 28.5 Å². The van der Waals surface area contributed by atoms with Crippen LogP contribution < -0.4 is 29.6 Å². The van der Waals surface area contributed by atoms with Gasteiger partial charge in [-0.2, -0.15) is 10.1 Å². The van der Waals surface area contributed by atoms with Crippen LogP contribution in [0.5, 0.6) is 23.0 Å². The molecule has 60 heavy (non-hydrogen) atoms. The molecule has 8 aromatic rings. The number of carbonyl (C=O) groups excluding carboxylic acids is 2. The van der Waals surface area contributed by atoms with Crippen LogP contribution in [-0.2, 0) is 0 Å². The third-order valence-corrected chi connectivity index (χ3v) is 10.3. The first-order valence-corrected chi connectivity index (χ1v) is 18.8. The molecule has 2 amide bonds. The number of nitrogens with zero attached hydrogens (tertiary/aromatic N) is 7. The lowest BCUT2D eigenvalue weighted by Crippen LogP contribution is -2.14. The third kappa shape index (κ3) is 7.98. The van der Waals surface area contributed by atoms with Gasteiger partial charge in [-0.1, -0.05) is 58.5 Å². The Hall–Kier alpha value is -6.79. The summed E-state index contributed by atoms with van der Waals surface area (Å²) in [5.74, 6) is 1.45. The molecule has 0 spiro atoms. The van der Waals surface area contributed by atoms with Crippen LogP contribution in [-0.4, -0.2) is 85.3 Å². The molecule has 0 atom stereocenters. The topological polar surface area (TPSA) is 217 Å². The third-order valence-electron chi connectivity index (χ3n) is 8.82. The second-order valence-corrected chi connectivity index (χ2v) is 13.6. The molecule has 0 aliphatic rings. The van der Waals surface area contributed by atoms with Crippen LogP contribution >= 0.6 is 46.4 Å². The maximum Gasteiger partial charge on any atom is 0.260 e. The second-order valence-electron chi connectivity index (χ2n) is 12.1. The van der Waals surface area contributed by atoms with Crippen molar-refractivity contribution in [1.29, 1.82) is 0 Å². The van der Waals surface area contributed by atoms with E-state index in [2.05, 4.69) is 55.7 Å². The van der Waals surface area contributed by atoms with E-state index in [-0.39, 0.29) is 21.9 Å². The van der Waals surface area contributed by atoms with Crippen LogP contribution in [0.4, 0.5) is 11.8 Å². The zero-order chi connectivity index (χ0) is 42.5. The fourth-order valence-corrected chi connectivity index (χ4v) is 7.49. The molecular weight excluding hydrogens is 860 g/mol. The maximum atomic E-state index is 12.8. The predicted octanol–water partition coefficient (Wildman–Crippen LogP) is 8.59. The number of halogens is 4. The number of amides is 2. The molecule has 4 heterocycles. The van der Waals surface area contributed by atoms with Crippen LogP contribution in [0.3, 0.4) is 0 Å². The minimum absolute atomic E-state index is 0.213. The number of ether oxygens (including phenoxy) is 4. The lowest BCUT2D eigenvalue weighted by molar-refractivity contribution is 0.101. The summed E-state index contributed by atoms with van der Waals surface area (Å²) in [7, 11) is 5.98. The molecule has 4 aromatic heterocycles. The molecule has 0 saturated heterocycles. The fraction of sp³-hybridized carbons (Fsp3) is 0.103. The van der Waals surface area contributed by atoms with Crippen molar-refractivity contribution in [1.82, 2.24) is 45.1 Å². The molecular formula is C39H29Cl4N11O6. The van der Waals surface area contributed by atoms with E-state index < -0.39 is 5.91 Å². The van der Waals surface area contributed by atoms with E-state index in [9.17, 15) is 9.59 Å². The summed E-state index contributed by atoms with van der Waals surface area (Å²) >= 11 is 26.3. The van der Waals surface area contributed by atoms with Crippen molar-refractivity contribution in [3.05, 3.63) is 111 Å². The zero-order valence-electron chi connectivity index (χ0n) is 31.6. The summed E-state index contributed by atoms with van der Waals surface area (Å²) in [6.45, 7) is 0. The van der Waals surface area contributed by atoms with Crippen molar-refractivity contribution in [2.45, 2.75) is 0 Å². The van der Waals surface area contributed by atoms with Gasteiger partial charge in [-0.3, -0.25) is 34.8 Å². The highest BCUT2D eigenvalue weighted by molar-refractivity contribution is 6.42. The highest BCUT2D eigenvalue weighted by Gasteiger charge is 2.25. The molecule has 304 valence electrons. The number of imidazole rings is 1. The van der Waals surface area contributed by atoms with E-state index in [0.29, 0.717) is 94.3 Å². The molecule has 0 radical (unpaired) electrons. The van der Waals surface area contributed by atoms with Gasteiger partial charge in [-0.25, -0.2) is 10.1 Å². The number of nitrogens with one attached hydrogen (secondary N) is 4. The van der Waals surface area contributed by atoms with E-state index in [0.717, 1.165) is 0 Å². The number of rotatable bonds is 10. The van der Waals surface area contributed by atoms with Crippen LogP contribution in [0.1, 0.15) is 20.7 Å². The monoisotopic (exact) mass is 887 g/mol. The highest BCUT2D eigenvalue weighted by atomic mass is 35.5. The standard InChI is InChI=1S/C20H15Cl2N5O3.C19H14Cl2N6O3/c1-29-12-7-13(30-2)17(22)15(16(12)21)10-3-4-11(19-18(10)24-5-6-25-19)20(28)27-14-8-23-9-26-14;1-29-11-7-12(30-2)15(21)13(14(11)20)9-3-4-10(17-16(9)22-5-6-23-17)18(28)26-19-24-8-25-27-19/h3-9H,1-2H3,(H,23,26)(H,27,28);3-8H,1-2H3,(H2,24,25,26,27,28). The summed E-state index contributed by atoms with van der Waals surface area (Å²) in [5.41, 5.74) is 4.35. The van der Waals surface area contributed by atoms with Gasteiger partial charge in [0.25, 0.3) is 11.8 Å². The number of fused-ring (bicyclic) bond motifs is 2. The number of hydrogen-bond donors (Lipinski definition) is 4. The van der Waals surface area contributed by atoms with Gasteiger partial charge in [0.05, 0.1) is 83.2 Å². The number of hydrogen-bond acceptors (Lipinski definition) is 13. The molecule has 21 heteroatoms. The Morgan fingerprint density at radius 2 is 1.02 bits per heavy atom. The van der Waals surface area contributed by atoms with Crippen molar-refractivity contribution in [2.24, 2.45) is 0 Å². The van der Waals surface area contributed by atoms with Crippen molar-refractivity contribution in [3.8, 4) is 45.3 Å². The van der Waals surface area contributed by atoms with Crippen LogP contribution in [0.2, 0.25) is 20.1 Å². The smallest absolute Gasteiger partial charge is 0.260 e. The van der Waals surface area contributed by atoms with Gasteiger partial charge < -0.3 is 29.2 Å². The highest BCUT2D eigenvalue weighted by Crippen LogP contribution is 2.49. The van der Waals surface area contributed by atoms with Gasteiger partial charge in [-0.15, -0.1) is 0 Å². The van der Waals surface area contributed by atoms with Crippen molar-refractivity contribution in [3.63, 3.8) is 0 Å². The van der Waals surface area contributed by atoms with Gasteiger partial charge in [0, 0.05) is 59.2 Å². The first-order chi connectivity index (χ1) is 29.1. The lowest BCUT2D eigenvalue weighted by atomic mass is 9.99. The molecule has 0 fully saturated rings. The molecule has 4 N–H and O–H groups in total. The number of methoxy groups -OCH3 is 4. The lowest BCUT2D eigenvalue weighted by Gasteiger charge is -2.16. The van der Waals surface area contributed by atoms with Crippen molar-refractivity contribution in [2.75, 3.05) is 39.1 Å². The minimum Gasteiger partial charge on any atom is -0.495 e. The molecule has 17 nitrogen and oxygen atoms in total. The number of aromatic nitrogens is 9. The maximum absolute atomic E-state index is 12.8. The van der Waals surface area contributed by atoms with E-state index in [1.165, 1.54) is 72.1 Å². The molecule has 0 bridgehead atoms. The number of benzene rings is 4. The molecule has 0 aliphatic heterocycles. The Morgan fingerprint density at radius 3 is 1.40 bits per heavy atom. The van der Waals surface area contributed by atoms with E-state index >= 15 is 0 Å². The molecule has 0 unspecified atom stereocenters. The van der Waals surface area contributed by atoms with Crippen molar-refractivity contribution >= 4 is 92.1 Å². The summed E-state index contributed by atoms with van der Waals surface area (Å²) < 4.78 is 21.4. The number of aromatic amines is 2. The molecule has 0 aliphatic carbocycles.